The number of nitrogens with one attached hydrogen (secondary N) is 1. The van der Waals surface area contributed by atoms with Gasteiger partial charge in [-0.05, 0) is 6.07 Å². The maximum absolute atomic E-state index is 15.2. The van der Waals surface area contributed by atoms with Gasteiger partial charge in [0.05, 0.1) is 19.4 Å². The molecule has 1 saturated heterocycles. The molecule has 0 aliphatic carbocycles. The number of benzene rings is 1. The molecule has 1 N–H and O–H groups in total. The fraction of sp³-hybridized carbons (Fsp3) is 0.318. The molecule has 1 aliphatic rings. The van der Waals surface area contributed by atoms with Crippen molar-refractivity contribution in [1.82, 2.24) is 14.6 Å². The highest BCUT2D eigenvalue weighted by atomic mass is 35.5. The van der Waals surface area contributed by atoms with Crippen molar-refractivity contribution in [1.29, 1.82) is 5.26 Å². The number of nitrogens with zero attached hydrogens (tertiary/aromatic N) is 3. The third kappa shape index (κ3) is 5.33. The van der Waals surface area contributed by atoms with E-state index in [1.807, 2.05) is 0 Å². The van der Waals surface area contributed by atoms with Gasteiger partial charge < -0.3 is 10.1 Å². The van der Waals surface area contributed by atoms with Gasteiger partial charge in [0.15, 0.2) is 5.67 Å². The normalized spacial score (nSPS) is 16.3. The average molecular weight is 493 g/mol. The zero-order valence-corrected chi connectivity index (χ0v) is 19.4. The van der Waals surface area contributed by atoms with Gasteiger partial charge in [0.25, 0.3) is 5.91 Å². The number of alkyl halides is 1. The molecule has 1 aliphatic heterocycles. The monoisotopic (exact) mass is 492 g/mol. The number of methoxy groups -OCH3 is 1. The number of rotatable bonds is 7. The Morgan fingerprint density at radius 1 is 1.36 bits per heavy atom. The Morgan fingerprint density at radius 2 is 2.06 bits per heavy atom. The fourth-order valence-electron chi connectivity index (χ4n) is 3.50. The molecule has 33 heavy (non-hydrogen) atoms. The summed E-state index contributed by atoms with van der Waals surface area (Å²) < 4.78 is 48.4. The second kappa shape index (κ2) is 10.3. The van der Waals surface area contributed by atoms with E-state index in [4.69, 9.17) is 21.6 Å². The number of hydrogen-bond acceptors (Lipinski definition) is 6. The summed E-state index contributed by atoms with van der Waals surface area (Å²) in [6.45, 7) is -0.360. The first-order valence-electron chi connectivity index (χ1n) is 10.0. The highest BCUT2D eigenvalue weighted by Gasteiger charge is 2.44. The molecule has 11 heteroatoms. The molecule has 0 atom stereocenters. The quantitative estimate of drug-likeness (QED) is 0.594. The maximum atomic E-state index is 15.2. The zero-order chi connectivity index (χ0) is 24.1. The molecule has 1 aromatic carbocycles. The summed E-state index contributed by atoms with van der Waals surface area (Å²) >= 11 is 6.31. The second-order valence-corrected chi connectivity index (χ2v) is 9.63. The Hall–Kier alpha value is -3.00. The summed E-state index contributed by atoms with van der Waals surface area (Å²) in [5.74, 6) is -0.614. The number of pyridine rings is 1. The summed E-state index contributed by atoms with van der Waals surface area (Å²) in [7, 11) is -2.66. The van der Waals surface area contributed by atoms with Gasteiger partial charge in [0, 0.05) is 60.8 Å². The molecule has 0 radical (unpaired) electrons. The molecule has 0 spiro atoms. The average Bonchev–Trinajstić information content (AvgIpc) is 2.82. The lowest BCUT2D eigenvalue weighted by Crippen LogP contribution is -2.52. The van der Waals surface area contributed by atoms with E-state index in [9.17, 15) is 13.2 Å². The molecule has 174 valence electrons. The van der Waals surface area contributed by atoms with Gasteiger partial charge in [-0.1, -0.05) is 35.9 Å². The third-order valence-electron chi connectivity index (χ3n) is 5.33. The lowest BCUT2D eigenvalue weighted by molar-refractivity contribution is -0.135. The molecule has 1 fully saturated rings. The zero-order valence-electron chi connectivity index (χ0n) is 17.8. The minimum absolute atomic E-state index is 0.0127. The number of hydrogen-bond donors (Lipinski definition) is 1. The Kier molecular flexibility index (Phi) is 7.68. The van der Waals surface area contributed by atoms with E-state index in [0.29, 0.717) is 16.1 Å². The summed E-state index contributed by atoms with van der Waals surface area (Å²) in [6, 6.07) is 10.0. The predicted molar refractivity (Wildman–Crippen MR) is 121 cm³/mol. The molecule has 0 saturated carbocycles. The van der Waals surface area contributed by atoms with E-state index in [0.717, 1.165) is 4.31 Å². The Morgan fingerprint density at radius 3 is 2.70 bits per heavy atom. The minimum atomic E-state index is -4.07. The summed E-state index contributed by atoms with van der Waals surface area (Å²) in [6.07, 6.45) is 3.17. The fourth-order valence-corrected chi connectivity index (χ4v) is 5.31. The van der Waals surface area contributed by atoms with Crippen LogP contribution in [-0.4, -0.2) is 56.0 Å². The first-order valence-corrected chi connectivity index (χ1v) is 11.9. The van der Waals surface area contributed by atoms with Crippen LogP contribution in [-0.2, 0) is 14.8 Å². The Labute approximate surface area is 196 Å². The Balaban J connectivity index is 1.85. The van der Waals surface area contributed by atoms with E-state index >= 15 is 4.39 Å². The van der Waals surface area contributed by atoms with Crippen LogP contribution in [0.2, 0.25) is 5.02 Å². The predicted octanol–water partition coefficient (Wildman–Crippen LogP) is 3.10. The second-order valence-electron chi connectivity index (χ2n) is 7.31. The SMILES string of the molecule is COc1cc(-c2ccccc2Cl)c(S(=O)(=O)N2CCC(F)(C(=O)NC/C=C\C#N)CC2)cn1. The highest BCUT2D eigenvalue weighted by Crippen LogP contribution is 2.37. The molecule has 3 rings (SSSR count). The highest BCUT2D eigenvalue weighted by molar-refractivity contribution is 7.89. The number of halogens is 2. The number of ether oxygens (including phenoxy) is 1. The summed E-state index contributed by atoms with van der Waals surface area (Å²) in [5.41, 5.74) is -1.40. The number of aromatic nitrogens is 1. The van der Waals surface area contributed by atoms with Crippen LogP contribution >= 0.6 is 11.6 Å². The largest absolute Gasteiger partial charge is 0.481 e. The molecular formula is C22H22ClFN4O4S. The number of allylic oxidation sites excluding steroid dienone is 1. The summed E-state index contributed by atoms with van der Waals surface area (Å²) in [4.78, 5) is 16.2. The molecule has 0 bridgehead atoms. The molecule has 2 aromatic rings. The van der Waals surface area contributed by atoms with E-state index in [2.05, 4.69) is 10.3 Å². The molecule has 1 amide bonds. The van der Waals surface area contributed by atoms with Crippen LogP contribution in [0.25, 0.3) is 11.1 Å². The van der Waals surface area contributed by atoms with Gasteiger partial charge in [-0.25, -0.2) is 17.8 Å². The molecule has 0 unspecified atom stereocenters. The molecule has 2 heterocycles. The van der Waals surface area contributed by atoms with Crippen LogP contribution in [0.4, 0.5) is 4.39 Å². The number of nitriles is 1. The number of sulfonamides is 1. The molecule has 1 aromatic heterocycles. The van der Waals surface area contributed by atoms with Gasteiger partial charge in [-0.15, -0.1) is 0 Å². The number of piperidine rings is 1. The maximum Gasteiger partial charge on any atom is 0.258 e. The van der Waals surface area contributed by atoms with E-state index < -0.39 is 21.6 Å². The van der Waals surface area contributed by atoms with Crippen molar-refractivity contribution in [2.75, 3.05) is 26.7 Å². The van der Waals surface area contributed by atoms with E-state index in [1.165, 1.54) is 31.5 Å². The van der Waals surface area contributed by atoms with Crippen LogP contribution < -0.4 is 10.1 Å². The lowest BCUT2D eigenvalue weighted by atomic mass is 9.93. The van der Waals surface area contributed by atoms with Crippen LogP contribution in [0.15, 0.2) is 53.6 Å². The van der Waals surface area contributed by atoms with Crippen molar-refractivity contribution in [3.8, 4) is 23.1 Å². The van der Waals surface area contributed by atoms with Crippen LogP contribution in [0, 0.1) is 11.3 Å². The standard InChI is InChI=1S/C22H22ClFN4O4S/c1-32-20-14-17(16-6-2-3-7-18(16)23)19(15-27-20)33(30,31)28-12-8-22(24,9-13-28)21(29)26-11-5-4-10-25/h2-7,14-15H,8-9,11-13H2,1H3,(H,26,29)/b5-4-. The van der Waals surface area contributed by atoms with Crippen LogP contribution in [0.3, 0.4) is 0 Å². The van der Waals surface area contributed by atoms with Crippen molar-refractivity contribution >= 4 is 27.5 Å². The van der Waals surface area contributed by atoms with Gasteiger partial charge in [0.2, 0.25) is 15.9 Å². The van der Waals surface area contributed by atoms with Crippen LogP contribution in [0.1, 0.15) is 12.8 Å². The first kappa shape index (κ1) is 24.6. The Bertz CT molecular complexity index is 1210. The van der Waals surface area contributed by atoms with Gasteiger partial charge in [0.1, 0.15) is 4.90 Å². The van der Waals surface area contributed by atoms with Gasteiger partial charge in [-0.3, -0.25) is 4.79 Å². The van der Waals surface area contributed by atoms with Gasteiger partial charge >= 0.3 is 0 Å². The number of carbonyl (C=O) groups is 1. The lowest BCUT2D eigenvalue weighted by Gasteiger charge is -2.34. The van der Waals surface area contributed by atoms with Crippen molar-refractivity contribution in [2.24, 2.45) is 0 Å². The number of carbonyl (C=O) groups excluding carboxylic acids is 1. The van der Waals surface area contributed by atoms with E-state index in [1.54, 1.807) is 30.3 Å². The van der Waals surface area contributed by atoms with Crippen molar-refractivity contribution in [3.63, 3.8) is 0 Å². The minimum Gasteiger partial charge on any atom is -0.481 e. The molecular weight excluding hydrogens is 471 g/mol. The number of amides is 1. The van der Waals surface area contributed by atoms with Crippen molar-refractivity contribution < 1.29 is 22.3 Å². The van der Waals surface area contributed by atoms with Crippen LogP contribution in [0.5, 0.6) is 5.88 Å². The third-order valence-corrected chi connectivity index (χ3v) is 7.58. The van der Waals surface area contributed by atoms with E-state index in [-0.39, 0.29) is 43.3 Å². The van der Waals surface area contributed by atoms with Crippen molar-refractivity contribution in [3.05, 3.63) is 53.7 Å². The summed E-state index contributed by atoms with van der Waals surface area (Å²) in [5, 5.41) is 11.2. The first-order chi connectivity index (χ1) is 15.7. The van der Waals surface area contributed by atoms with Gasteiger partial charge in [-0.2, -0.15) is 9.57 Å². The molecule has 8 nitrogen and oxygen atoms in total. The van der Waals surface area contributed by atoms with Crippen molar-refractivity contribution in [2.45, 2.75) is 23.4 Å². The smallest absolute Gasteiger partial charge is 0.258 e. The topological polar surface area (TPSA) is 112 Å².